The Kier molecular flexibility index (Phi) is 3.92. The third kappa shape index (κ3) is 2.86. The minimum absolute atomic E-state index is 0.0927. The Balaban J connectivity index is 1.67. The van der Waals surface area contributed by atoms with E-state index in [0.717, 1.165) is 13.0 Å². The smallest absolute Gasteiger partial charge is 0.243 e. The van der Waals surface area contributed by atoms with Gasteiger partial charge in [0.2, 0.25) is 10.0 Å². The summed E-state index contributed by atoms with van der Waals surface area (Å²) in [6, 6.07) is 8.37. The zero-order valence-electron chi connectivity index (χ0n) is 12.7. The number of aromatic nitrogens is 2. The molecule has 1 aliphatic rings. The van der Waals surface area contributed by atoms with E-state index in [1.54, 1.807) is 7.05 Å². The monoisotopic (exact) mass is 320 g/mol. The Hall–Kier alpha value is -1.86. The van der Waals surface area contributed by atoms with E-state index in [-0.39, 0.29) is 10.9 Å². The minimum Gasteiger partial charge on any atom is -0.367 e. The van der Waals surface area contributed by atoms with Gasteiger partial charge in [0.05, 0.1) is 6.20 Å². The first-order valence-electron chi connectivity index (χ1n) is 7.30. The predicted octanol–water partition coefficient (Wildman–Crippen LogP) is 1.15. The second kappa shape index (κ2) is 5.73. The molecule has 22 heavy (non-hydrogen) atoms. The molecule has 118 valence electrons. The lowest BCUT2D eigenvalue weighted by Gasteiger charge is -2.27. The van der Waals surface area contributed by atoms with Crippen LogP contribution in [0.3, 0.4) is 0 Å². The summed E-state index contributed by atoms with van der Waals surface area (Å²) in [7, 11) is -1.80. The molecule has 0 fully saturated rings. The highest BCUT2D eigenvalue weighted by Gasteiger charge is 2.24. The van der Waals surface area contributed by atoms with Crippen LogP contribution >= 0.6 is 0 Å². The van der Waals surface area contributed by atoms with Crippen molar-refractivity contribution >= 4 is 15.7 Å². The molecule has 1 aliphatic heterocycles. The molecule has 1 aromatic carbocycles. The van der Waals surface area contributed by atoms with Gasteiger partial charge in [-0.1, -0.05) is 18.2 Å². The van der Waals surface area contributed by atoms with Crippen molar-refractivity contribution in [2.75, 3.05) is 18.0 Å². The average molecular weight is 320 g/mol. The summed E-state index contributed by atoms with van der Waals surface area (Å²) in [5, 5.41) is 3.90. The van der Waals surface area contributed by atoms with Crippen LogP contribution in [0.1, 0.15) is 12.5 Å². The highest BCUT2D eigenvalue weighted by atomic mass is 32.2. The summed E-state index contributed by atoms with van der Waals surface area (Å²) in [6.45, 7) is 3.33. The average Bonchev–Trinajstić information content (AvgIpc) is 3.11. The van der Waals surface area contributed by atoms with E-state index >= 15 is 0 Å². The van der Waals surface area contributed by atoms with Crippen LogP contribution in [-0.2, 0) is 23.5 Å². The number of rotatable bonds is 5. The topological polar surface area (TPSA) is 67.2 Å². The molecule has 0 amide bonds. The number of para-hydroxylation sites is 1. The van der Waals surface area contributed by atoms with Crippen molar-refractivity contribution in [1.29, 1.82) is 0 Å². The fourth-order valence-electron chi connectivity index (χ4n) is 2.78. The third-order valence-electron chi connectivity index (χ3n) is 4.02. The van der Waals surface area contributed by atoms with Crippen LogP contribution in [0, 0.1) is 0 Å². The van der Waals surface area contributed by atoms with Gasteiger partial charge < -0.3 is 4.90 Å². The van der Waals surface area contributed by atoms with Gasteiger partial charge in [-0.2, -0.15) is 5.10 Å². The molecule has 1 aromatic heterocycles. The van der Waals surface area contributed by atoms with Crippen molar-refractivity contribution in [3.05, 3.63) is 42.2 Å². The molecule has 6 nitrogen and oxygen atoms in total. The molecule has 0 unspecified atom stereocenters. The number of sulfonamides is 1. The van der Waals surface area contributed by atoms with Crippen molar-refractivity contribution in [2.45, 2.75) is 24.3 Å². The van der Waals surface area contributed by atoms with Gasteiger partial charge in [-0.3, -0.25) is 4.68 Å². The Morgan fingerprint density at radius 2 is 2.14 bits per heavy atom. The molecule has 0 bridgehead atoms. The fourth-order valence-corrected chi connectivity index (χ4v) is 3.89. The molecular weight excluding hydrogens is 300 g/mol. The molecule has 7 heteroatoms. The van der Waals surface area contributed by atoms with E-state index < -0.39 is 10.0 Å². The number of nitrogens with zero attached hydrogens (tertiary/aromatic N) is 3. The maximum absolute atomic E-state index is 12.2. The van der Waals surface area contributed by atoms with Crippen LogP contribution in [0.4, 0.5) is 5.69 Å². The first-order valence-corrected chi connectivity index (χ1v) is 8.78. The first-order chi connectivity index (χ1) is 10.5. The summed E-state index contributed by atoms with van der Waals surface area (Å²) < 4.78 is 28.6. The molecule has 0 spiro atoms. The molecule has 0 saturated heterocycles. The van der Waals surface area contributed by atoms with Crippen molar-refractivity contribution in [1.82, 2.24) is 14.5 Å². The van der Waals surface area contributed by atoms with Crippen LogP contribution in [0.25, 0.3) is 0 Å². The standard InChI is InChI=1S/C15H20N4O2S/c1-12(19-8-7-13-5-3-4-6-15(13)19)9-17-22(20,21)14-10-16-18(2)11-14/h3-6,10-12,17H,7-9H2,1-2H3/t12-/m0/s1. The van der Waals surface area contributed by atoms with Gasteiger partial charge in [-0.25, -0.2) is 13.1 Å². The summed E-state index contributed by atoms with van der Waals surface area (Å²) in [6.07, 6.45) is 3.87. The Labute approximate surface area is 130 Å². The van der Waals surface area contributed by atoms with E-state index in [1.165, 1.54) is 28.3 Å². The van der Waals surface area contributed by atoms with Crippen LogP contribution < -0.4 is 9.62 Å². The van der Waals surface area contributed by atoms with Gasteiger partial charge in [0.1, 0.15) is 4.90 Å². The zero-order valence-corrected chi connectivity index (χ0v) is 13.5. The molecule has 1 atom stereocenters. The lowest BCUT2D eigenvalue weighted by atomic mass is 10.2. The molecule has 0 aliphatic carbocycles. The Bertz CT molecular complexity index is 769. The van der Waals surface area contributed by atoms with Gasteiger partial charge >= 0.3 is 0 Å². The SMILES string of the molecule is C[C@@H](CNS(=O)(=O)c1cnn(C)c1)N1CCc2ccccc21. The number of anilines is 1. The van der Waals surface area contributed by atoms with Crippen molar-refractivity contribution in [3.8, 4) is 0 Å². The fraction of sp³-hybridized carbons (Fsp3) is 0.400. The molecular formula is C15H20N4O2S. The summed E-state index contributed by atoms with van der Waals surface area (Å²) >= 11 is 0. The van der Waals surface area contributed by atoms with E-state index in [4.69, 9.17) is 0 Å². The Morgan fingerprint density at radius 1 is 1.36 bits per heavy atom. The molecule has 0 radical (unpaired) electrons. The van der Waals surface area contributed by atoms with Crippen LogP contribution in [-0.4, -0.2) is 37.3 Å². The summed E-state index contributed by atoms with van der Waals surface area (Å²) in [5.74, 6) is 0. The minimum atomic E-state index is -3.50. The number of aryl methyl sites for hydroxylation is 1. The number of hydrogen-bond acceptors (Lipinski definition) is 4. The number of hydrogen-bond donors (Lipinski definition) is 1. The summed E-state index contributed by atoms with van der Waals surface area (Å²) in [5.41, 5.74) is 2.53. The number of benzene rings is 1. The molecule has 2 aromatic rings. The lowest BCUT2D eigenvalue weighted by Crippen LogP contribution is -2.41. The van der Waals surface area contributed by atoms with E-state index in [1.807, 2.05) is 19.1 Å². The van der Waals surface area contributed by atoms with Crippen molar-refractivity contribution < 1.29 is 8.42 Å². The normalized spacial score (nSPS) is 15.8. The van der Waals surface area contributed by atoms with Crippen molar-refractivity contribution in [2.24, 2.45) is 7.05 Å². The van der Waals surface area contributed by atoms with Gasteiger partial charge in [0, 0.05) is 38.1 Å². The van der Waals surface area contributed by atoms with E-state index in [2.05, 4.69) is 26.9 Å². The number of nitrogens with one attached hydrogen (secondary N) is 1. The third-order valence-corrected chi connectivity index (χ3v) is 5.39. The lowest BCUT2D eigenvalue weighted by molar-refractivity contribution is 0.566. The highest BCUT2D eigenvalue weighted by Crippen LogP contribution is 2.28. The van der Waals surface area contributed by atoms with Crippen LogP contribution in [0.15, 0.2) is 41.6 Å². The van der Waals surface area contributed by atoms with Gasteiger partial charge in [0.15, 0.2) is 0 Å². The summed E-state index contributed by atoms with van der Waals surface area (Å²) in [4.78, 5) is 2.45. The maximum atomic E-state index is 12.2. The predicted molar refractivity (Wildman–Crippen MR) is 85.4 cm³/mol. The second-order valence-corrected chi connectivity index (χ2v) is 7.39. The highest BCUT2D eigenvalue weighted by molar-refractivity contribution is 7.89. The van der Waals surface area contributed by atoms with Crippen molar-refractivity contribution in [3.63, 3.8) is 0 Å². The zero-order chi connectivity index (χ0) is 15.7. The van der Waals surface area contributed by atoms with Gasteiger partial charge in [-0.15, -0.1) is 0 Å². The maximum Gasteiger partial charge on any atom is 0.243 e. The van der Waals surface area contributed by atoms with Crippen LogP contribution in [0.5, 0.6) is 0 Å². The Morgan fingerprint density at radius 3 is 2.86 bits per heavy atom. The van der Waals surface area contributed by atoms with Crippen LogP contribution in [0.2, 0.25) is 0 Å². The molecule has 1 N–H and O–H groups in total. The van der Waals surface area contributed by atoms with E-state index in [0.29, 0.717) is 6.54 Å². The van der Waals surface area contributed by atoms with E-state index in [9.17, 15) is 8.42 Å². The molecule has 2 heterocycles. The number of fused-ring (bicyclic) bond motifs is 1. The van der Waals surface area contributed by atoms with Gasteiger partial charge in [0.25, 0.3) is 0 Å². The first kappa shape index (κ1) is 15.1. The molecule has 0 saturated carbocycles. The largest absolute Gasteiger partial charge is 0.367 e. The van der Waals surface area contributed by atoms with Gasteiger partial charge in [-0.05, 0) is 25.0 Å². The quantitative estimate of drug-likeness (QED) is 0.897. The second-order valence-electron chi connectivity index (χ2n) is 5.62. The molecule has 3 rings (SSSR count).